The van der Waals surface area contributed by atoms with Gasteiger partial charge in [0.05, 0.1) is 19.4 Å². The molecule has 2 N–H and O–H groups in total. The number of urea groups is 1. The SMILES string of the molecule is CCc1ccc(NC(=O)Nc2cnc(N3CCOCC3)nc2N(C)C)cc1. The van der Waals surface area contributed by atoms with Crippen LogP contribution in [0.1, 0.15) is 12.5 Å². The monoisotopic (exact) mass is 370 g/mol. The molecule has 1 aromatic heterocycles. The van der Waals surface area contributed by atoms with E-state index in [2.05, 4.69) is 32.4 Å². The Hall–Kier alpha value is -2.87. The first-order valence-corrected chi connectivity index (χ1v) is 9.11. The number of morpholine rings is 1. The van der Waals surface area contributed by atoms with Crippen molar-refractivity contribution < 1.29 is 9.53 Å². The lowest BCUT2D eigenvalue weighted by molar-refractivity contribution is 0.122. The summed E-state index contributed by atoms with van der Waals surface area (Å²) in [4.78, 5) is 25.4. The third-order valence-electron chi connectivity index (χ3n) is 4.34. The number of carbonyl (C=O) groups is 1. The fourth-order valence-corrected chi connectivity index (χ4v) is 2.82. The predicted octanol–water partition coefficient (Wildman–Crippen LogP) is 2.59. The van der Waals surface area contributed by atoms with Crippen LogP contribution in [0, 0.1) is 0 Å². The molecule has 2 heterocycles. The number of amides is 2. The van der Waals surface area contributed by atoms with Gasteiger partial charge in [-0.05, 0) is 24.1 Å². The summed E-state index contributed by atoms with van der Waals surface area (Å²) in [5.41, 5.74) is 2.52. The molecular formula is C19H26N6O2. The first kappa shape index (κ1) is 18.9. The van der Waals surface area contributed by atoms with Crippen LogP contribution in [0.25, 0.3) is 0 Å². The second-order valence-electron chi connectivity index (χ2n) is 6.53. The van der Waals surface area contributed by atoms with Gasteiger partial charge in [-0.25, -0.2) is 9.78 Å². The second-order valence-corrected chi connectivity index (χ2v) is 6.53. The summed E-state index contributed by atoms with van der Waals surface area (Å²) in [6, 6.07) is 7.46. The van der Waals surface area contributed by atoms with Crippen molar-refractivity contribution in [3.8, 4) is 0 Å². The minimum atomic E-state index is -0.329. The molecule has 0 bridgehead atoms. The van der Waals surface area contributed by atoms with Crippen molar-refractivity contribution in [1.82, 2.24) is 9.97 Å². The molecule has 0 radical (unpaired) electrons. The number of ether oxygens (including phenoxy) is 1. The molecule has 8 nitrogen and oxygen atoms in total. The number of anilines is 4. The molecule has 27 heavy (non-hydrogen) atoms. The number of nitrogens with one attached hydrogen (secondary N) is 2. The first-order valence-electron chi connectivity index (χ1n) is 9.11. The lowest BCUT2D eigenvalue weighted by atomic mass is 10.1. The van der Waals surface area contributed by atoms with Gasteiger partial charge in [-0.15, -0.1) is 0 Å². The molecule has 0 atom stereocenters. The molecule has 1 aliphatic heterocycles. The first-order chi connectivity index (χ1) is 13.1. The Bertz CT molecular complexity index is 772. The Morgan fingerprint density at radius 1 is 1.19 bits per heavy atom. The third kappa shape index (κ3) is 4.85. The van der Waals surface area contributed by atoms with E-state index in [1.54, 1.807) is 6.20 Å². The van der Waals surface area contributed by atoms with Crippen molar-refractivity contribution in [1.29, 1.82) is 0 Å². The highest BCUT2D eigenvalue weighted by molar-refractivity contribution is 6.01. The Labute approximate surface area is 159 Å². The highest BCUT2D eigenvalue weighted by Gasteiger charge is 2.18. The summed E-state index contributed by atoms with van der Waals surface area (Å²) in [6.07, 6.45) is 2.61. The molecule has 0 aliphatic carbocycles. The number of carbonyl (C=O) groups excluding carboxylic acids is 1. The molecule has 2 aromatic rings. The predicted molar refractivity (Wildman–Crippen MR) is 108 cm³/mol. The summed E-state index contributed by atoms with van der Waals surface area (Å²) in [6.45, 7) is 4.94. The topological polar surface area (TPSA) is 82.6 Å². The number of aryl methyl sites for hydroxylation is 1. The van der Waals surface area contributed by atoms with Crippen molar-refractivity contribution in [2.45, 2.75) is 13.3 Å². The van der Waals surface area contributed by atoms with Gasteiger partial charge in [0.1, 0.15) is 5.69 Å². The molecule has 3 rings (SSSR count). The van der Waals surface area contributed by atoms with Gasteiger partial charge in [0.2, 0.25) is 5.95 Å². The van der Waals surface area contributed by atoms with Gasteiger partial charge in [-0.3, -0.25) is 0 Å². The molecule has 0 unspecified atom stereocenters. The van der Waals surface area contributed by atoms with Crippen LogP contribution in [0.15, 0.2) is 30.5 Å². The zero-order valence-corrected chi connectivity index (χ0v) is 16.0. The Morgan fingerprint density at radius 2 is 1.89 bits per heavy atom. The van der Waals surface area contributed by atoms with Crippen LogP contribution in [0.3, 0.4) is 0 Å². The number of nitrogens with zero attached hydrogens (tertiary/aromatic N) is 4. The van der Waals surface area contributed by atoms with E-state index < -0.39 is 0 Å². The van der Waals surface area contributed by atoms with Gasteiger partial charge >= 0.3 is 6.03 Å². The largest absolute Gasteiger partial charge is 0.378 e. The van der Waals surface area contributed by atoms with E-state index in [9.17, 15) is 4.79 Å². The number of benzene rings is 1. The van der Waals surface area contributed by atoms with Crippen molar-refractivity contribution in [3.05, 3.63) is 36.0 Å². The average molecular weight is 370 g/mol. The molecule has 0 saturated carbocycles. The molecule has 1 aliphatic rings. The van der Waals surface area contributed by atoms with Crippen molar-refractivity contribution in [2.75, 3.05) is 60.8 Å². The molecule has 144 valence electrons. The van der Waals surface area contributed by atoms with E-state index >= 15 is 0 Å². The van der Waals surface area contributed by atoms with Crippen LogP contribution in [-0.4, -0.2) is 56.4 Å². The van der Waals surface area contributed by atoms with E-state index in [4.69, 9.17) is 4.74 Å². The molecule has 8 heteroatoms. The van der Waals surface area contributed by atoms with Crippen molar-refractivity contribution in [2.24, 2.45) is 0 Å². The highest BCUT2D eigenvalue weighted by atomic mass is 16.5. The van der Waals surface area contributed by atoms with E-state index in [0.717, 1.165) is 25.2 Å². The Morgan fingerprint density at radius 3 is 2.52 bits per heavy atom. The van der Waals surface area contributed by atoms with Gasteiger partial charge in [-0.1, -0.05) is 19.1 Å². The van der Waals surface area contributed by atoms with E-state index in [0.29, 0.717) is 30.7 Å². The molecule has 1 saturated heterocycles. The van der Waals surface area contributed by atoms with Crippen LogP contribution < -0.4 is 20.4 Å². The molecule has 2 amide bonds. The van der Waals surface area contributed by atoms with Gasteiger partial charge in [0.15, 0.2) is 5.82 Å². The normalized spacial score (nSPS) is 14.0. The number of aromatic nitrogens is 2. The van der Waals surface area contributed by atoms with E-state index in [1.807, 2.05) is 43.3 Å². The van der Waals surface area contributed by atoms with Crippen molar-refractivity contribution >= 4 is 29.2 Å². The molecular weight excluding hydrogens is 344 g/mol. The summed E-state index contributed by atoms with van der Waals surface area (Å²) in [5.74, 6) is 1.30. The van der Waals surface area contributed by atoms with Crippen LogP contribution in [0.5, 0.6) is 0 Å². The minimum Gasteiger partial charge on any atom is -0.378 e. The molecule has 1 aromatic carbocycles. The lowest BCUT2D eigenvalue weighted by Gasteiger charge is -2.28. The fraction of sp³-hybridized carbons (Fsp3) is 0.421. The number of hydrogen-bond donors (Lipinski definition) is 2. The van der Waals surface area contributed by atoms with Gasteiger partial charge in [0, 0.05) is 32.9 Å². The van der Waals surface area contributed by atoms with E-state index in [1.165, 1.54) is 5.56 Å². The maximum atomic E-state index is 12.4. The Kier molecular flexibility index (Phi) is 6.08. The van der Waals surface area contributed by atoms with Crippen LogP contribution in [-0.2, 0) is 11.2 Å². The zero-order valence-electron chi connectivity index (χ0n) is 16.0. The van der Waals surface area contributed by atoms with Gasteiger partial charge in [-0.2, -0.15) is 4.98 Å². The maximum absolute atomic E-state index is 12.4. The number of hydrogen-bond acceptors (Lipinski definition) is 6. The van der Waals surface area contributed by atoms with Crippen molar-refractivity contribution in [3.63, 3.8) is 0 Å². The summed E-state index contributed by atoms with van der Waals surface area (Å²) in [5, 5.41) is 5.67. The third-order valence-corrected chi connectivity index (χ3v) is 4.34. The highest BCUT2D eigenvalue weighted by Crippen LogP contribution is 2.24. The van der Waals surface area contributed by atoms with E-state index in [-0.39, 0.29) is 6.03 Å². The molecule has 0 spiro atoms. The minimum absolute atomic E-state index is 0.329. The van der Waals surface area contributed by atoms with Gasteiger partial charge in [0.25, 0.3) is 0 Å². The van der Waals surface area contributed by atoms with Gasteiger partial charge < -0.3 is 25.2 Å². The second kappa shape index (κ2) is 8.68. The Balaban J connectivity index is 1.71. The molecule has 1 fully saturated rings. The van der Waals surface area contributed by atoms with Crippen LogP contribution in [0.2, 0.25) is 0 Å². The maximum Gasteiger partial charge on any atom is 0.323 e. The van der Waals surface area contributed by atoms with Crippen LogP contribution >= 0.6 is 0 Å². The number of rotatable bonds is 5. The average Bonchev–Trinajstić information content (AvgIpc) is 2.69. The summed E-state index contributed by atoms with van der Waals surface area (Å²) in [7, 11) is 3.77. The zero-order chi connectivity index (χ0) is 19.2. The van der Waals surface area contributed by atoms with Crippen LogP contribution in [0.4, 0.5) is 27.9 Å². The lowest BCUT2D eigenvalue weighted by Crippen LogP contribution is -2.37. The summed E-state index contributed by atoms with van der Waals surface area (Å²) < 4.78 is 5.37. The fourth-order valence-electron chi connectivity index (χ4n) is 2.82. The smallest absolute Gasteiger partial charge is 0.323 e. The quantitative estimate of drug-likeness (QED) is 0.842. The standard InChI is InChI=1S/C19H26N6O2/c1-4-14-5-7-15(8-6-14)21-19(26)22-16-13-20-18(23-17(16)24(2)3)25-9-11-27-12-10-25/h5-8,13H,4,9-12H2,1-3H3,(H2,21,22,26). The summed E-state index contributed by atoms with van der Waals surface area (Å²) >= 11 is 0.